The van der Waals surface area contributed by atoms with Crippen LogP contribution >= 0.6 is 0 Å². The maximum Gasteiger partial charge on any atom is 0.422 e. The summed E-state index contributed by atoms with van der Waals surface area (Å²) in [6, 6.07) is 27.3. The van der Waals surface area contributed by atoms with Crippen LogP contribution in [-0.4, -0.2) is 38.6 Å². The average Bonchev–Trinajstić information content (AvgIpc) is 3.28. The Kier molecular flexibility index (Phi) is 11.6. The van der Waals surface area contributed by atoms with E-state index in [4.69, 9.17) is 9.16 Å². The van der Waals surface area contributed by atoms with Gasteiger partial charge in [-0.15, -0.1) is 0 Å². The molecule has 0 N–H and O–H groups in total. The molecule has 194 valence electrons. The summed E-state index contributed by atoms with van der Waals surface area (Å²) in [5.74, 6) is 3.20. The van der Waals surface area contributed by atoms with E-state index in [1.165, 1.54) is 56.7 Å². The number of benzene rings is 2. The molecule has 0 radical (unpaired) electrons. The first-order chi connectivity index (χ1) is 17.6. The van der Waals surface area contributed by atoms with Gasteiger partial charge in [0.25, 0.3) is 0 Å². The molecule has 1 heterocycles. The van der Waals surface area contributed by atoms with E-state index in [2.05, 4.69) is 57.0 Å². The molecule has 0 spiro atoms. The van der Waals surface area contributed by atoms with E-state index < -0.39 is 8.32 Å². The first-order valence-corrected chi connectivity index (χ1v) is 16.4. The Morgan fingerprint density at radius 1 is 0.889 bits per heavy atom. The van der Waals surface area contributed by atoms with Crippen LogP contribution in [0.5, 0.6) is 0 Å². The van der Waals surface area contributed by atoms with Crippen molar-refractivity contribution in [3.05, 3.63) is 71.8 Å². The summed E-state index contributed by atoms with van der Waals surface area (Å²) >= 11 is 0. The maximum atomic E-state index is 12.7. The van der Waals surface area contributed by atoms with E-state index in [-0.39, 0.29) is 18.1 Å². The van der Waals surface area contributed by atoms with E-state index in [1.54, 1.807) is 4.90 Å². The van der Waals surface area contributed by atoms with Crippen molar-refractivity contribution in [2.75, 3.05) is 13.2 Å². The highest BCUT2D eigenvalue weighted by Crippen LogP contribution is 2.34. The van der Waals surface area contributed by atoms with Gasteiger partial charge < -0.3 is 9.16 Å². The Morgan fingerprint density at radius 2 is 1.39 bits per heavy atom. The molecule has 0 aliphatic carbocycles. The third-order valence-electron chi connectivity index (χ3n) is 7.22. The topological polar surface area (TPSA) is 38.8 Å². The van der Waals surface area contributed by atoms with Crippen LogP contribution in [-0.2, 0) is 9.16 Å². The monoisotopic (exact) mass is 505 g/mol. The molecule has 0 bridgehead atoms. The highest BCUT2D eigenvalue weighted by molar-refractivity contribution is 6.73. The molecule has 0 unspecified atom stereocenters. The van der Waals surface area contributed by atoms with Crippen LogP contribution in [0.4, 0.5) is 4.79 Å². The lowest BCUT2D eigenvalue weighted by molar-refractivity contribution is 0.167. The number of carbonyl (C=O) groups excluding carboxylic acids is 1. The van der Waals surface area contributed by atoms with Gasteiger partial charge in [-0.2, -0.15) is 0 Å². The SMILES string of the molecule is CCCC[Si](CCCC)(CCCC)OCC#CN1C(=O)OC[C@H]1C(c1ccccc1)c1ccccc1. The molecular formula is C31H43NO3Si. The summed E-state index contributed by atoms with van der Waals surface area (Å²) in [6.45, 7) is 7.49. The highest BCUT2D eigenvalue weighted by Gasteiger charge is 2.39. The zero-order chi connectivity index (χ0) is 25.6. The molecule has 1 fully saturated rings. The van der Waals surface area contributed by atoms with Gasteiger partial charge in [0.05, 0.1) is 12.6 Å². The van der Waals surface area contributed by atoms with Crippen LogP contribution in [0.2, 0.25) is 18.1 Å². The van der Waals surface area contributed by atoms with Gasteiger partial charge >= 0.3 is 6.09 Å². The minimum Gasteiger partial charge on any atom is -0.446 e. The second-order valence-corrected chi connectivity index (χ2v) is 14.0. The Hall–Kier alpha value is -2.55. The minimum atomic E-state index is -1.83. The summed E-state index contributed by atoms with van der Waals surface area (Å²) in [5.41, 5.74) is 2.31. The van der Waals surface area contributed by atoms with Crippen molar-refractivity contribution in [2.24, 2.45) is 0 Å². The van der Waals surface area contributed by atoms with Gasteiger partial charge in [-0.05, 0) is 29.3 Å². The van der Waals surface area contributed by atoms with Crippen LogP contribution < -0.4 is 0 Å². The molecule has 5 heteroatoms. The van der Waals surface area contributed by atoms with Crippen molar-refractivity contribution in [3.8, 4) is 12.0 Å². The number of hydrogen-bond acceptors (Lipinski definition) is 3. The number of carbonyl (C=O) groups is 1. The summed E-state index contributed by atoms with van der Waals surface area (Å²) in [7, 11) is -1.83. The van der Waals surface area contributed by atoms with Gasteiger partial charge in [-0.1, -0.05) is 126 Å². The van der Waals surface area contributed by atoms with Gasteiger partial charge in [-0.3, -0.25) is 0 Å². The molecule has 0 aromatic heterocycles. The maximum absolute atomic E-state index is 12.7. The number of ether oxygens (including phenoxy) is 1. The molecule has 4 nitrogen and oxygen atoms in total. The molecule has 1 atom stereocenters. The lowest BCUT2D eigenvalue weighted by Crippen LogP contribution is -2.38. The third-order valence-corrected chi connectivity index (χ3v) is 11.8. The highest BCUT2D eigenvalue weighted by atomic mass is 28.4. The summed E-state index contributed by atoms with van der Waals surface area (Å²) < 4.78 is 12.2. The second kappa shape index (κ2) is 14.9. The first kappa shape index (κ1) is 28.0. The van der Waals surface area contributed by atoms with Crippen molar-refractivity contribution in [3.63, 3.8) is 0 Å². The Bertz CT molecular complexity index is 908. The van der Waals surface area contributed by atoms with Gasteiger partial charge in [0.2, 0.25) is 0 Å². The zero-order valence-corrected chi connectivity index (χ0v) is 23.4. The summed E-state index contributed by atoms with van der Waals surface area (Å²) in [4.78, 5) is 14.3. The smallest absolute Gasteiger partial charge is 0.422 e. The van der Waals surface area contributed by atoms with Crippen molar-refractivity contribution in [2.45, 2.75) is 89.4 Å². The fourth-order valence-electron chi connectivity index (χ4n) is 5.16. The molecule has 1 aliphatic heterocycles. The van der Waals surface area contributed by atoms with Gasteiger partial charge in [0, 0.05) is 12.0 Å². The van der Waals surface area contributed by atoms with E-state index in [0.29, 0.717) is 13.2 Å². The number of cyclic esters (lactones) is 1. The van der Waals surface area contributed by atoms with Gasteiger partial charge in [0.15, 0.2) is 8.32 Å². The quantitative estimate of drug-likeness (QED) is 0.193. The number of amides is 1. The third kappa shape index (κ3) is 7.72. The lowest BCUT2D eigenvalue weighted by atomic mass is 9.85. The van der Waals surface area contributed by atoms with E-state index in [9.17, 15) is 4.79 Å². The summed E-state index contributed by atoms with van der Waals surface area (Å²) in [5, 5.41) is 0. The molecule has 36 heavy (non-hydrogen) atoms. The molecule has 3 rings (SSSR count). The van der Waals surface area contributed by atoms with Crippen molar-refractivity contribution < 1.29 is 14.0 Å². The lowest BCUT2D eigenvalue weighted by Gasteiger charge is -2.31. The molecule has 2 aromatic carbocycles. The summed E-state index contributed by atoms with van der Waals surface area (Å²) in [6.07, 6.45) is 6.91. The van der Waals surface area contributed by atoms with Crippen LogP contribution in [0.3, 0.4) is 0 Å². The standard InChI is InChI=1S/C31H43NO3Si/c1-4-7-23-36(24-8-5-2,25-9-6-3)35-22-16-21-32-29(26-34-31(32)33)30(27-17-12-10-13-18-27)28-19-14-11-15-20-28/h10-15,17-20,29-30H,4-9,22-26H2,1-3H3/t29-/m0/s1. The van der Waals surface area contributed by atoms with Crippen molar-refractivity contribution in [1.29, 1.82) is 0 Å². The molecule has 2 aromatic rings. The van der Waals surface area contributed by atoms with Crippen LogP contribution in [0, 0.1) is 12.0 Å². The normalized spacial score (nSPS) is 15.6. The molecule has 0 saturated carbocycles. The van der Waals surface area contributed by atoms with E-state index >= 15 is 0 Å². The fourth-order valence-corrected chi connectivity index (χ4v) is 9.72. The predicted molar refractivity (Wildman–Crippen MR) is 150 cm³/mol. The van der Waals surface area contributed by atoms with Crippen molar-refractivity contribution in [1.82, 2.24) is 4.90 Å². The largest absolute Gasteiger partial charge is 0.446 e. The molecular weight excluding hydrogens is 462 g/mol. The predicted octanol–water partition coefficient (Wildman–Crippen LogP) is 7.96. The zero-order valence-electron chi connectivity index (χ0n) is 22.4. The average molecular weight is 506 g/mol. The van der Waals surface area contributed by atoms with Gasteiger partial charge in [-0.25, -0.2) is 9.69 Å². The first-order valence-electron chi connectivity index (χ1n) is 13.8. The minimum absolute atomic E-state index is 0.0128. The van der Waals surface area contributed by atoms with E-state index in [0.717, 1.165) is 11.1 Å². The Balaban J connectivity index is 1.79. The Morgan fingerprint density at radius 3 is 1.86 bits per heavy atom. The number of unbranched alkanes of at least 4 members (excludes halogenated alkanes) is 3. The Labute approximate surface area is 219 Å². The number of rotatable bonds is 14. The molecule has 1 amide bonds. The fraction of sp³-hybridized carbons (Fsp3) is 0.516. The van der Waals surface area contributed by atoms with Crippen molar-refractivity contribution >= 4 is 14.4 Å². The number of hydrogen-bond donors (Lipinski definition) is 0. The molecule has 1 aliphatic rings. The van der Waals surface area contributed by atoms with Crippen LogP contribution in [0.25, 0.3) is 0 Å². The van der Waals surface area contributed by atoms with Gasteiger partial charge in [0.1, 0.15) is 6.61 Å². The van der Waals surface area contributed by atoms with Crippen LogP contribution in [0.15, 0.2) is 60.7 Å². The second-order valence-electron chi connectivity index (χ2n) is 9.88. The van der Waals surface area contributed by atoms with Crippen LogP contribution in [0.1, 0.15) is 76.3 Å². The molecule has 1 saturated heterocycles. The van der Waals surface area contributed by atoms with E-state index in [1.807, 2.05) is 36.4 Å². The number of nitrogens with zero attached hydrogens (tertiary/aromatic N) is 1.